The minimum absolute atomic E-state index is 0.0396. The molecular formula is C15H14N2O5S. The molecule has 0 saturated carbocycles. The number of nitrogens with one attached hydrogen (secondary N) is 1. The van der Waals surface area contributed by atoms with Gasteiger partial charge in [-0.2, -0.15) is 0 Å². The summed E-state index contributed by atoms with van der Waals surface area (Å²) in [6.45, 7) is -0.199. The second-order valence-corrected chi connectivity index (χ2v) is 5.97. The van der Waals surface area contributed by atoms with Crippen LogP contribution in [-0.4, -0.2) is 52.2 Å². The van der Waals surface area contributed by atoms with E-state index in [-0.39, 0.29) is 18.3 Å². The molecule has 2 amide bonds. The van der Waals surface area contributed by atoms with Crippen molar-refractivity contribution in [2.45, 2.75) is 12.1 Å². The van der Waals surface area contributed by atoms with Crippen molar-refractivity contribution in [3.8, 4) is 5.75 Å². The summed E-state index contributed by atoms with van der Waals surface area (Å²) in [5, 5.41) is 13.1. The smallest absolute Gasteiger partial charge is 0.353 e. The van der Waals surface area contributed by atoms with Gasteiger partial charge in [-0.25, -0.2) is 4.79 Å². The van der Waals surface area contributed by atoms with Gasteiger partial charge in [0.15, 0.2) is 6.61 Å². The average molecular weight is 334 g/mol. The van der Waals surface area contributed by atoms with Gasteiger partial charge in [0.1, 0.15) is 17.5 Å². The standard InChI is InChI=1S/C15H14N2O5S/c18-12(6-22-9-4-2-1-3-5-9)16-13-10-7-23-8-11(15(20)21)17(10)14(13)19/h1-5,8,10,13H,6-7H2,(H,16,18)(H,20,21)/t10-,13+/m0/s1. The van der Waals surface area contributed by atoms with Gasteiger partial charge in [0.25, 0.3) is 11.8 Å². The molecule has 0 radical (unpaired) electrons. The van der Waals surface area contributed by atoms with Gasteiger partial charge in [-0.05, 0) is 12.1 Å². The molecule has 1 fully saturated rings. The van der Waals surface area contributed by atoms with Gasteiger partial charge in [-0.3, -0.25) is 14.5 Å². The number of carboxylic acids is 1. The SMILES string of the molecule is O=C(COc1ccccc1)N[C@H]1C(=O)N2C(C(=O)O)=CSC[C@@H]12. The molecule has 120 valence electrons. The number of thioether (sulfide) groups is 1. The molecule has 2 N–H and O–H groups in total. The van der Waals surface area contributed by atoms with Gasteiger partial charge in [-0.15, -0.1) is 11.8 Å². The normalized spacial score (nSPS) is 22.5. The lowest BCUT2D eigenvalue weighted by atomic mass is 9.95. The lowest BCUT2D eigenvalue weighted by Gasteiger charge is -2.48. The number of benzene rings is 1. The molecule has 3 rings (SSSR count). The average Bonchev–Trinajstić information content (AvgIpc) is 2.57. The Hall–Kier alpha value is -2.48. The predicted molar refractivity (Wildman–Crippen MR) is 82.7 cm³/mol. The van der Waals surface area contributed by atoms with Crippen LogP contribution in [0.2, 0.25) is 0 Å². The third-order valence-corrected chi connectivity index (χ3v) is 4.51. The predicted octanol–water partition coefficient (Wildman–Crippen LogP) is 0.434. The fourth-order valence-electron chi connectivity index (χ4n) is 2.49. The van der Waals surface area contributed by atoms with Crippen molar-refractivity contribution in [2.24, 2.45) is 0 Å². The van der Waals surface area contributed by atoms with E-state index in [0.717, 1.165) is 0 Å². The van der Waals surface area contributed by atoms with E-state index in [0.29, 0.717) is 11.5 Å². The van der Waals surface area contributed by atoms with Crippen LogP contribution >= 0.6 is 11.8 Å². The van der Waals surface area contributed by atoms with Gasteiger partial charge in [0.05, 0.1) is 6.04 Å². The molecule has 1 aromatic carbocycles. The molecule has 23 heavy (non-hydrogen) atoms. The van der Waals surface area contributed by atoms with Gasteiger partial charge in [0.2, 0.25) is 0 Å². The van der Waals surface area contributed by atoms with Crippen LogP contribution in [0.1, 0.15) is 0 Å². The molecule has 0 bridgehead atoms. The molecule has 0 aromatic heterocycles. The fraction of sp³-hybridized carbons (Fsp3) is 0.267. The quantitative estimate of drug-likeness (QED) is 0.759. The first-order chi connectivity index (χ1) is 11.1. The Morgan fingerprint density at radius 3 is 2.78 bits per heavy atom. The zero-order chi connectivity index (χ0) is 16.4. The van der Waals surface area contributed by atoms with Crippen LogP contribution in [0, 0.1) is 0 Å². The summed E-state index contributed by atoms with van der Waals surface area (Å²) in [7, 11) is 0. The topological polar surface area (TPSA) is 95.9 Å². The maximum Gasteiger partial charge on any atom is 0.353 e. The number of hydrogen-bond acceptors (Lipinski definition) is 5. The van der Waals surface area contributed by atoms with E-state index in [9.17, 15) is 14.4 Å². The number of carboxylic acid groups (broad SMARTS) is 1. The molecule has 7 nitrogen and oxygen atoms in total. The number of carbonyl (C=O) groups is 3. The number of β-lactam (4-membered cyclic amide) rings is 1. The largest absolute Gasteiger partial charge is 0.484 e. The molecule has 8 heteroatoms. The molecule has 2 aliphatic rings. The Balaban J connectivity index is 1.55. The van der Waals surface area contributed by atoms with Crippen molar-refractivity contribution >= 4 is 29.5 Å². The summed E-state index contributed by atoms with van der Waals surface area (Å²) in [6, 6.07) is 7.85. The fourth-order valence-corrected chi connectivity index (χ4v) is 3.49. The van der Waals surface area contributed by atoms with Crippen LogP contribution in [0.4, 0.5) is 0 Å². The van der Waals surface area contributed by atoms with Gasteiger partial charge >= 0.3 is 5.97 Å². The zero-order valence-electron chi connectivity index (χ0n) is 12.0. The molecule has 2 heterocycles. The van der Waals surface area contributed by atoms with Crippen molar-refractivity contribution in [3.63, 3.8) is 0 Å². The zero-order valence-corrected chi connectivity index (χ0v) is 12.8. The van der Waals surface area contributed by atoms with E-state index in [1.54, 1.807) is 24.3 Å². The van der Waals surface area contributed by atoms with Gasteiger partial charge in [0, 0.05) is 11.2 Å². The highest BCUT2D eigenvalue weighted by atomic mass is 32.2. The third-order valence-electron chi connectivity index (χ3n) is 3.59. The van der Waals surface area contributed by atoms with Crippen molar-refractivity contribution in [1.82, 2.24) is 10.2 Å². The van der Waals surface area contributed by atoms with E-state index >= 15 is 0 Å². The van der Waals surface area contributed by atoms with E-state index < -0.39 is 23.8 Å². The van der Waals surface area contributed by atoms with Gasteiger partial charge < -0.3 is 15.2 Å². The highest BCUT2D eigenvalue weighted by molar-refractivity contribution is 8.02. The molecule has 2 aliphatic heterocycles. The summed E-state index contributed by atoms with van der Waals surface area (Å²) in [5.74, 6) is -0.853. The first kappa shape index (κ1) is 15.4. The summed E-state index contributed by atoms with van der Waals surface area (Å²) in [5.41, 5.74) is -0.0396. The highest BCUT2D eigenvalue weighted by Crippen LogP contribution is 2.34. The number of rotatable bonds is 5. The van der Waals surface area contributed by atoms with E-state index in [1.165, 1.54) is 22.1 Å². The molecule has 1 saturated heterocycles. The lowest BCUT2D eigenvalue weighted by molar-refractivity contribution is -0.153. The summed E-state index contributed by atoms with van der Waals surface area (Å²) >= 11 is 1.32. The number of hydrogen-bond donors (Lipinski definition) is 2. The first-order valence-corrected chi connectivity index (χ1v) is 7.98. The number of amides is 2. The number of ether oxygens (including phenoxy) is 1. The molecular weight excluding hydrogens is 320 g/mol. The molecule has 1 aromatic rings. The Morgan fingerprint density at radius 1 is 1.35 bits per heavy atom. The van der Waals surface area contributed by atoms with Crippen LogP contribution in [0.15, 0.2) is 41.4 Å². The van der Waals surface area contributed by atoms with Crippen LogP contribution in [0.3, 0.4) is 0 Å². The number of fused-ring (bicyclic) bond motifs is 1. The van der Waals surface area contributed by atoms with E-state index in [1.807, 2.05) is 6.07 Å². The molecule has 0 spiro atoms. The highest BCUT2D eigenvalue weighted by Gasteiger charge is 2.52. The molecule has 0 aliphatic carbocycles. The van der Waals surface area contributed by atoms with Crippen molar-refractivity contribution in [2.75, 3.05) is 12.4 Å². The van der Waals surface area contributed by atoms with Crippen LogP contribution in [0.5, 0.6) is 5.75 Å². The Bertz CT molecular complexity index is 676. The van der Waals surface area contributed by atoms with Crippen molar-refractivity contribution < 1.29 is 24.2 Å². The maximum atomic E-state index is 12.1. The van der Waals surface area contributed by atoms with Crippen molar-refractivity contribution in [1.29, 1.82) is 0 Å². The Kier molecular flexibility index (Phi) is 4.24. The molecule has 2 atom stereocenters. The lowest BCUT2D eigenvalue weighted by Crippen LogP contribution is -2.72. The van der Waals surface area contributed by atoms with E-state index in [4.69, 9.17) is 9.84 Å². The minimum atomic E-state index is -1.15. The summed E-state index contributed by atoms with van der Waals surface area (Å²) in [4.78, 5) is 36.3. The minimum Gasteiger partial charge on any atom is -0.484 e. The van der Waals surface area contributed by atoms with Gasteiger partial charge in [-0.1, -0.05) is 18.2 Å². The second-order valence-electron chi connectivity index (χ2n) is 5.06. The number of carbonyl (C=O) groups excluding carboxylic acids is 2. The number of para-hydroxylation sites is 1. The third kappa shape index (κ3) is 3.02. The van der Waals surface area contributed by atoms with Crippen LogP contribution in [-0.2, 0) is 14.4 Å². The second kappa shape index (κ2) is 6.33. The Labute approximate surface area is 136 Å². The molecule has 0 unspecified atom stereocenters. The Morgan fingerprint density at radius 2 is 2.09 bits per heavy atom. The van der Waals surface area contributed by atoms with Crippen LogP contribution < -0.4 is 10.1 Å². The monoisotopic (exact) mass is 334 g/mol. The summed E-state index contributed by atoms with van der Waals surface area (Å²) < 4.78 is 5.32. The first-order valence-electron chi connectivity index (χ1n) is 6.93. The number of nitrogens with zero attached hydrogens (tertiary/aromatic N) is 1. The summed E-state index contributed by atoms with van der Waals surface area (Å²) in [6.07, 6.45) is 0. The van der Waals surface area contributed by atoms with Crippen molar-refractivity contribution in [3.05, 3.63) is 41.4 Å². The van der Waals surface area contributed by atoms with E-state index in [2.05, 4.69) is 5.32 Å². The number of aliphatic carboxylic acids is 1. The maximum absolute atomic E-state index is 12.1. The van der Waals surface area contributed by atoms with Crippen LogP contribution in [0.25, 0.3) is 0 Å².